The van der Waals surface area contributed by atoms with Crippen molar-refractivity contribution < 1.29 is 19.4 Å². The van der Waals surface area contributed by atoms with E-state index >= 15 is 0 Å². The fourth-order valence-electron chi connectivity index (χ4n) is 4.87. The molecule has 1 atom stereocenters. The zero-order valence-corrected chi connectivity index (χ0v) is 25.9. The molecule has 4 heterocycles. The number of thioether (sulfide) groups is 1. The number of benzene rings is 2. The normalized spacial score (nSPS) is 16.0. The first-order valence-corrected chi connectivity index (χ1v) is 16.4. The van der Waals surface area contributed by atoms with Gasteiger partial charge in [0.05, 0.1) is 41.2 Å². The molecule has 2 aromatic carbocycles. The number of amides is 1. The second kappa shape index (κ2) is 12.4. The average Bonchev–Trinajstić information content (AvgIpc) is 3.69. The standard InChI is InChI=1S/C29H30N6O4S3/c1-17-33-35-16-23(32-29(35)41-17)27-31-22-13-21(38-2)14-24(25(22)42-27)39-12-10-30-26(40-3)18-6-8-19(9-7-18)28(37)34-11-4-5-20(36)15-34/h6-9,13-14,16,20,36H,4-5,10-12,15H2,1-3H3/t20-/m0/s1. The molecule has 1 saturated heterocycles. The Morgan fingerprint density at radius 2 is 2.00 bits per heavy atom. The maximum Gasteiger partial charge on any atom is 0.253 e. The van der Waals surface area contributed by atoms with Gasteiger partial charge in [-0.3, -0.25) is 9.79 Å². The van der Waals surface area contributed by atoms with Crippen molar-refractivity contribution in [2.75, 3.05) is 39.6 Å². The number of methoxy groups -OCH3 is 1. The number of carbonyl (C=O) groups excluding carboxylic acids is 1. The molecule has 13 heteroatoms. The molecule has 3 aromatic heterocycles. The second-order valence-corrected chi connectivity index (χ2v) is 12.8. The second-order valence-electron chi connectivity index (χ2n) is 9.83. The third kappa shape index (κ3) is 6.00. The van der Waals surface area contributed by atoms with Crippen LogP contribution in [0.25, 0.3) is 25.9 Å². The number of aliphatic hydroxyl groups excluding tert-OH is 1. The summed E-state index contributed by atoms with van der Waals surface area (Å²) in [4.78, 5) is 29.7. The number of carbonyl (C=O) groups is 1. The summed E-state index contributed by atoms with van der Waals surface area (Å²) in [6.07, 6.45) is 5.00. The number of fused-ring (bicyclic) bond motifs is 2. The van der Waals surface area contributed by atoms with Gasteiger partial charge < -0.3 is 19.5 Å². The molecule has 42 heavy (non-hydrogen) atoms. The van der Waals surface area contributed by atoms with E-state index in [9.17, 15) is 9.90 Å². The first-order chi connectivity index (χ1) is 20.4. The molecule has 0 unspecified atom stereocenters. The monoisotopic (exact) mass is 622 g/mol. The van der Waals surface area contributed by atoms with Gasteiger partial charge in [0.15, 0.2) is 0 Å². The van der Waals surface area contributed by atoms with E-state index in [0.717, 1.165) is 54.3 Å². The summed E-state index contributed by atoms with van der Waals surface area (Å²) in [5.74, 6) is 1.31. The molecule has 1 aliphatic rings. The van der Waals surface area contributed by atoms with Gasteiger partial charge in [0.1, 0.15) is 33.8 Å². The third-order valence-electron chi connectivity index (χ3n) is 6.89. The molecule has 1 N–H and O–H groups in total. The van der Waals surface area contributed by atoms with Gasteiger partial charge in [0, 0.05) is 36.3 Å². The number of aryl methyl sites for hydroxylation is 1. The zero-order valence-electron chi connectivity index (χ0n) is 23.4. The lowest BCUT2D eigenvalue weighted by Gasteiger charge is -2.30. The number of imidazole rings is 1. The molecule has 0 spiro atoms. The molecule has 0 bridgehead atoms. The number of rotatable bonds is 8. The predicted molar refractivity (Wildman–Crippen MR) is 169 cm³/mol. The summed E-state index contributed by atoms with van der Waals surface area (Å²) in [5, 5.41) is 17.0. The van der Waals surface area contributed by atoms with E-state index < -0.39 is 6.10 Å². The van der Waals surface area contributed by atoms with Crippen LogP contribution in [0.15, 0.2) is 47.6 Å². The highest BCUT2D eigenvalue weighted by atomic mass is 32.2. The van der Waals surface area contributed by atoms with E-state index in [-0.39, 0.29) is 5.91 Å². The molecule has 0 saturated carbocycles. The lowest BCUT2D eigenvalue weighted by molar-refractivity contribution is 0.0474. The number of β-amino-alcohol motifs (C(OH)–C–C–N with tert-alkyl or cyclic N) is 1. The Kier molecular flexibility index (Phi) is 8.43. The Bertz CT molecular complexity index is 1730. The van der Waals surface area contributed by atoms with Gasteiger partial charge in [0.2, 0.25) is 4.96 Å². The lowest BCUT2D eigenvalue weighted by atomic mass is 10.1. The summed E-state index contributed by atoms with van der Waals surface area (Å²) in [7, 11) is 1.62. The minimum absolute atomic E-state index is 0.0494. The van der Waals surface area contributed by atoms with Crippen LogP contribution in [0.2, 0.25) is 0 Å². The Morgan fingerprint density at radius 3 is 2.74 bits per heavy atom. The molecule has 10 nitrogen and oxygen atoms in total. The van der Waals surface area contributed by atoms with Crippen LogP contribution < -0.4 is 9.47 Å². The van der Waals surface area contributed by atoms with Crippen LogP contribution in [0.5, 0.6) is 11.5 Å². The molecule has 6 rings (SSSR count). The van der Waals surface area contributed by atoms with Crippen molar-refractivity contribution >= 4 is 60.6 Å². The first-order valence-electron chi connectivity index (χ1n) is 13.5. The average molecular weight is 623 g/mol. The molecule has 5 aromatic rings. The van der Waals surface area contributed by atoms with Crippen molar-refractivity contribution in [3.8, 4) is 22.2 Å². The van der Waals surface area contributed by atoms with Gasteiger partial charge in [0.25, 0.3) is 5.91 Å². The summed E-state index contributed by atoms with van der Waals surface area (Å²) >= 11 is 4.61. The van der Waals surface area contributed by atoms with E-state index in [1.165, 1.54) is 11.3 Å². The van der Waals surface area contributed by atoms with Gasteiger partial charge in [-0.1, -0.05) is 23.5 Å². The summed E-state index contributed by atoms with van der Waals surface area (Å²) in [5.41, 5.74) is 3.12. The molecule has 0 radical (unpaired) electrons. The minimum Gasteiger partial charge on any atom is -0.497 e. The van der Waals surface area contributed by atoms with E-state index in [1.54, 1.807) is 39.6 Å². The number of aliphatic hydroxyl groups is 1. The van der Waals surface area contributed by atoms with Crippen molar-refractivity contribution in [1.82, 2.24) is 24.5 Å². The van der Waals surface area contributed by atoms with E-state index in [4.69, 9.17) is 19.5 Å². The van der Waals surface area contributed by atoms with E-state index in [2.05, 4.69) is 10.1 Å². The minimum atomic E-state index is -0.443. The molecule has 0 aliphatic carbocycles. The van der Waals surface area contributed by atoms with Gasteiger partial charge in [-0.15, -0.1) is 23.1 Å². The summed E-state index contributed by atoms with van der Waals surface area (Å²) in [6.45, 7) is 3.85. The maximum absolute atomic E-state index is 12.8. The topological polar surface area (TPSA) is 114 Å². The van der Waals surface area contributed by atoms with Gasteiger partial charge in [-0.05, 0) is 38.2 Å². The molecule has 1 aliphatic heterocycles. The molecule has 218 valence electrons. The Hall–Kier alpha value is -3.52. The largest absolute Gasteiger partial charge is 0.497 e. The van der Waals surface area contributed by atoms with Crippen LogP contribution >= 0.6 is 34.4 Å². The van der Waals surface area contributed by atoms with Crippen molar-refractivity contribution in [1.29, 1.82) is 0 Å². The van der Waals surface area contributed by atoms with Crippen molar-refractivity contribution in [2.45, 2.75) is 25.9 Å². The molecular weight excluding hydrogens is 593 g/mol. The summed E-state index contributed by atoms with van der Waals surface area (Å²) < 4.78 is 14.4. The molecule has 1 amide bonds. The van der Waals surface area contributed by atoms with Crippen LogP contribution in [0.1, 0.15) is 33.8 Å². The number of likely N-dealkylation sites (tertiary alicyclic amines) is 1. The number of aromatic nitrogens is 4. The smallest absolute Gasteiger partial charge is 0.253 e. The Labute approximate surface area is 255 Å². The fourth-order valence-corrected chi connectivity index (χ4v) is 7.15. The molecular formula is C29H30N6O4S3. The highest BCUT2D eigenvalue weighted by Gasteiger charge is 2.23. The Morgan fingerprint density at radius 1 is 1.19 bits per heavy atom. The number of ether oxygens (including phenoxy) is 2. The maximum atomic E-state index is 12.8. The van der Waals surface area contributed by atoms with Crippen LogP contribution in [0.4, 0.5) is 0 Å². The SMILES string of the molecule is COc1cc(OCCN=C(SC)c2ccc(C(=O)N3CCC[C@H](O)C3)cc2)c2sc(-c3cn4nc(C)sc4n3)nc2c1. The van der Waals surface area contributed by atoms with Crippen LogP contribution in [-0.2, 0) is 0 Å². The fraction of sp³-hybridized carbons (Fsp3) is 0.345. The van der Waals surface area contributed by atoms with Crippen molar-refractivity contribution in [3.63, 3.8) is 0 Å². The number of hydrogen-bond donors (Lipinski definition) is 1. The Balaban J connectivity index is 1.14. The highest BCUT2D eigenvalue weighted by molar-refractivity contribution is 8.13. The number of hydrogen-bond acceptors (Lipinski definition) is 11. The van der Waals surface area contributed by atoms with Crippen LogP contribution in [0.3, 0.4) is 0 Å². The highest BCUT2D eigenvalue weighted by Crippen LogP contribution is 2.39. The van der Waals surface area contributed by atoms with Crippen LogP contribution in [-0.4, -0.2) is 86.3 Å². The van der Waals surface area contributed by atoms with Gasteiger partial charge in [-0.25, -0.2) is 14.5 Å². The van der Waals surface area contributed by atoms with Gasteiger partial charge in [-0.2, -0.15) is 5.10 Å². The lowest BCUT2D eigenvalue weighted by Crippen LogP contribution is -2.42. The summed E-state index contributed by atoms with van der Waals surface area (Å²) in [6, 6.07) is 11.3. The van der Waals surface area contributed by atoms with Gasteiger partial charge >= 0.3 is 0 Å². The third-order valence-corrected chi connectivity index (χ3v) is 9.59. The van der Waals surface area contributed by atoms with Crippen LogP contribution in [0, 0.1) is 6.92 Å². The van der Waals surface area contributed by atoms with Crippen molar-refractivity contribution in [2.24, 2.45) is 4.99 Å². The first kappa shape index (κ1) is 28.6. The van der Waals surface area contributed by atoms with E-state index in [0.29, 0.717) is 43.3 Å². The number of thiazole rings is 1. The number of piperidine rings is 1. The number of nitrogens with zero attached hydrogens (tertiary/aromatic N) is 6. The molecule has 1 fully saturated rings. The quantitative estimate of drug-likeness (QED) is 0.143. The predicted octanol–water partition coefficient (Wildman–Crippen LogP) is 5.17. The van der Waals surface area contributed by atoms with E-state index in [1.807, 2.05) is 55.8 Å². The number of aliphatic imine (C=N–C) groups is 1. The zero-order chi connectivity index (χ0) is 29.2. The van der Waals surface area contributed by atoms with Crippen molar-refractivity contribution in [3.05, 3.63) is 58.7 Å².